The first kappa shape index (κ1) is 14.6. The normalized spacial score (nSPS) is 10.0. The van der Waals surface area contributed by atoms with Crippen molar-refractivity contribution in [3.63, 3.8) is 0 Å². The fourth-order valence-electron chi connectivity index (χ4n) is 2.33. The zero-order chi connectivity index (χ0) is 16.4. The van der Waals surface area contributed by atoms with Gasteiger partial charge >= 0.3 is 0 Å². The summed E-state index contributed by atoms with van der Waals surface area (Å²) in [7, 11) is 0. The highest BCUT2D eigenvalue weighted by molar-refractivity contribution is 6.31. The summed E-state index contributed by atoms with van der Waals surface area (Å²) in [5, 5.41) is 21.9. The Balaban J connectivity index is 2.26. The van der Waals surface area contributed by atoms with Gasteiger partial charge in [0.2, 0.25) is 0 Å². The minimum Gasteiger partial charge on any atom is -0.358 e. The smallest absolute Gasteiger partial charge is 0.197 e. The van der Waals surface area contributed by atoms with Crippen molar-refractivity contribution < 1.29 is 0 Å². The monoisotopic (exact) mass is 320 g/mol. The number of pyridine rings is 1. The molecule has 2 aromatic carbocycles. The number of aromatic nitrogens is 1. The summed E-state index contributed by atoms with van der Waals surface area (Å²) in [6.45, 7) is 0. The summed E-state index contributed by atoms with van der Waals surface area (Å²) >= 11 is 5.96. The molecule has 0 unspecified atom stereocenters. The van der Waals surface area contributed by atoms with Crippen molar-refractivity contribution >= 4 is 39.1 Å². The van der Waals surface area contributed by atoms with E-state index in [0.29, 0.717) is 32.5 Å². The zero-order valence-corrected chi connectivity index (χ0v) is 12.5. The number of para-hydroxylation sites is 1. The molecule has 0 fully saturated rings. The number of halogens is 1. The Morgan fingerprint density at radius 3 is 2.70 bits per heavy atom. The number of hydrogen-bond acceptors (Lipinski definition) is 4. The van der Waals surface area contributed by atoms with Crippen molar-refractivity contribution in [2.75, 3.05) is 5.32 Å². The van der Waals surface area contributed by atoms with Crippen LogP contribution < -0.4 is 10.7 Å². The molecule has 0 amide bonds. The Morgan fingerprint density at radius 1 is 1.17 bits per heavy atom. The quantitative estimate of drug-likeness (QED) is 0.556. The van der Waals surface area contributed by atoms with Gasteiger partial charge in [-0.05, 0) is 30.3 Å². The van der Waals surface area contributed by atoms with Gasteiger partial charge in [0.25, 0.3) is 0 Å². The lowest BCUT2D eigenvalue weighted by atomic mass is 10.1. The summed E-state index contributed by atoms with van der Waals surface area (Å²) in [6, 6.07) is 13.8. The lowest BCUT2D eigenvalue weighted by molar-refractivity contribution is 1.43. The van der Waals surface area contributed by atoms with Gasteiger partial charge in [-0.2, -0.15) is 10.5 Å². The third-order valence-corrected chi connectivity index (χ3v) is 3.64. The minimum absolute atomic E-state index is 0.0584. The highest BCUT2D eigenvalue weighted by atomic mass is 35.5. The summed E-state index contributed by atoms with van der Waals surface area (Å²) < 4.78 is 0. The fourth-order valence-corrected chi connectivity index (χ4v) is 2.50. The molecular formula is C17H9ClN4O. The maximum absolute atomic E-state index is 12.6. The van der Waals surface area contributed by atoms with Crippen LogP contribution in [0.3, 0.4) is 0 Å². The van der Waals surface area contributed by atoms with Crippen LogP contribution in [0, 0.1) is 22.7 Å². The molecule has 6 heteroatoms. The molecule has 0 spiro atoms. The molecule has 0 saturated heterocycles. The molecule has 0 aliphatic rings. The second kappa shape index (κ2) is 5.84. The largest absolute Gasteiger partial charge is 0.358 e. The van der Waals surface area contributed by atoms with Crippen LogP contribution in [0.2, 0.25) is 5.02 Å². The third kappa shape index (κ3) is 2.62. The molecule has 5 nitrogen and oxygen atoms in total. The summed E-state index contributed by atoms with van der Waals surface area (Å²) in [6.07, 6.45) is 1.30. The topological polar surface area (TPSA) is 92.5 Å². The van der Waals surface area contributed by atoms with E-state index in [4.69, 9.17) is 22.1 Å². The maximum atomic E-state index is 12.6. The summed E-state index contributed by atoms with van der Waals surface area (Å²) in [5.74, 6) is 0. The van der Waals surface area contributed by atoms with E-state index in [-0.39, 0.29) is 11.0 Å². The Kier molecular flexibility index (Phi) is 3.72. The second-order valence-corrected chi connectivity index (χ2v) is 5.23. The molecule has 3 rings (SSSR count). The van der Waals surface area contributed by atoms with E-state index in [1.54, 1.807) is 48.5 Å². The van der Waals surface area contributed by atoms with Crippen LogP contribution in [0.4, 0.5) is 5.69 Å². The number of aromatic amines is 1. The number of nitrogens with zero attached hydrogens (tertiary/aromatic N) is 2. The molecule has 0 aliphatic carbocycles. The van der Waals surface area contributed by atoms with Crippen molar-refractivity contribution in [2.45, 2.75) is 0 Å². The van der Waals surface area contributed by atoms with Crippen LogP contribution in [0.1, 0.15) is 0 Å². The maximum Gasteiger partial charge on any atom is 0.197 e. The van der Waals surface area contributed by atoms with Crippen molar-refractivity contribution in [3.8, 4) is 12.1 Å². The number of fused-ring (bicyclic) bond motifs is 2. The van der Waals surface area contributed by atoms with Gasteiger partial charge in [-0.3, -0.25) is 4.79 Å². The van der Waals surface area contributed by atoms with Crippen molar-refractivity contribution in [2.24, 2.45) is 0 Å². The number of H-pyrrole nitrogens is 1. The second-order valence-electron chi connectivity index (χ2n) is 4.80. The average Bonchev–Trinajstić information content (AvgIpc) is 2.57. The fraction of sp³-hybridized carbons (Fsp3) is 0. The van der Waals surface area contributed by atoms with Crippen LogP contribution in [-0.4, -0.2) is 4.98 Å². The molecule has 2 N–H and O–H groups in total. The highest BCUT2D eigenvalue weighted by Gasteiger charge is 2.08. The molecule has 1 heterocycles. The first-order valence-corrected chi connectivity index (χ1v) is 7.03. The molecule has 0 radical (unpaired) electrons. The van der Waals surface area contributed by atoms with E-state index in [0.717, 1.165) is 0 Å². The number of nitrogens with one attached hydrogen (secondary N) is 2. The first-order chi connectivity index (χ1) is 11.1. The summed E-state index contributed by atoms with van der Waals surface area (Å²) in [5.41, 5.74) is 1.66. The lowest BCUT2D eigenvalue weighted by Gasteiger charge is -2.08. The minimum atomic E-state index is -0.135. The number of rotatable bonds is 2. The number of allylic oxidation sites excluding steroid dienone is 1. The van der Waals surface area contributed by atoms with Gasteiger partial charge in [-0.15, -0.1) is 0 Å². The number of benzene rings is 2. The zero-order valence-electron chi connectivity index (χ0n) is 11.7. The predicted octanol–water partition coefficient (Wildman–Crippen LogP) is 3.68. The predicted molar refractivity (Wildman–Crippen MR) is 90.0 cm³/mol. The Hall–Kier alpha value is -3.28. The van der Waals surface area contributed by atoms with E-state index >= 15 is 0 Å². The highest BCUT2D eigenvalue weighted by Crippen LogP contribution is 2.23. The van der Waals surface area contributed by atoms with E-state index in [1.165, 1.54) is 6.20 Å². The molecule has 110 valence electrons. The lowest BCUT2D eigenvalue weighted by Crippen LogP contribution is -2.05. The molecule has 0 aliphatic heterocycles. The number of anilines is 1. The van der Waals surface area contributed by atoms with E-state index < -0.39 is 0 Å². The van der Waals surface area contributed by atoms with Gasteiger partial charge in [0.15, 0.2) is 5.43 Å². The standard InChI is InChI=1S/C17H9ClN4O/c18-11-4-5-14-13(6-11)17(23)12-2-1-3-15(16(12)22-14)21-9-10(7-19)8-20/h1-6,9,21H,(H,22,23). The van der Waals surface area contributed by atoms with Crippen molar-refractivity contribution in [1.29, 1.82) is 10.5 Å². The van der Waals surface area contributed by atoms with Crippen LogP contribution in [-0.2, 0) is 0 Å². The van der Waals surface area contributed by atoms with Crippen LogP contribution in [0.25, 0.3) is 21.8 Å². The van der Waals surface area contributed by atoms with E-state index in [9.17, 15) is 4.79 Å². The van der Waals surface area contributed by atoms with Gasteiger partial charge in [0, 0.05) is 27.5 Å². The van der Waals surface area contributed by atoms with Crippen molar-refractivity contribution in [3.05, 3.63) is 63.4 Å². The van der Waals surface area contributed by atoms with Gasteiger partial charge in [-0.25, -0.2) is 0 Å². The van der Waals surface area contributed by atoms with Gasteiger partial charge in [0.1, 0.15) is 17.7 Å². The van der Waals surface area contributed by atoms with Gasteiger partial charge < -0.3 is 10.3 Å². The summed E-state index contributed by atoms with van der Waals surface area (Å²) in [4.78, 5) is 15.8. The van der Waals surface area contributed by atoms with Crippen LogP contribution >= 0.6 is 11.6 Å². The van der Waals surface area contributed by atoms with Crippen molar-refractivity contribution in [1.82, 2.24) is 4.98 Å². The Bertz CT molecular complexity index is 1080. The molecule has 0 atom stereocenters. The third-order valence-electron chi connectivity index (χ3n) is 3.41. The number of nitriles is 2. The number of hydrogen-bond donors (Lipinski definition) is 2. The van der Waals surface area contributed by atoms with E-state index in [1.807, 2.05) is 0 Å². The first-order valence-electron chi connectivity index (χ1n) is 6.65. The Labute approximate surface area is 136 Å². The molecule has 3 aromatic rings. The van der Waals surface area contributed by atoms with Crippen LogP contribution in [0.15, 0.2) is 53.0 Å². The SMILES string of the molecule is N#CC(C#N)=CNc1cccc2c(=O)c3cc(Cl)ccc3[nH]c12. The Morgan fingerprint density at radius 2 is 1.96 bits per heavy atom. The van der Waals surface area contributed by atoms with Gasteiger partial charge in [-0.1, -0.05) is 17.7 Å². The molecule has 23 heavy (non-hydrogen) atoms. The molecule has 0 bridgehead atoms. The van der Waals surface area contributed by atoms with E-state index in [2.05, 4.69) is 10.3 Å². The molecule has 0 saturated carbocycles. The molecular weight excluding hydrogens is 312 g/mol. The van der Waals surface area contributed by atoms with Gasteiger partial charge in [0.05, 0.1) is 11.2 Å². The average molecular weight is 321 g/mol. The molecule has 1 aromatic heterocycles. The van der Waals surface area contributed by atoms with Crippen LogP contribution in [0.5, 0.6) is 0 Å².